The first-order chi connectivity index (χ1) is 8.50. The third-order valence-corrected chi connectivity index (χ3v) is 2.58. The summed E-state index contributed by atoms with van der Waals surface area (Å²) in [6.07, 6.45) is -0.859. The zero-order valence-corrected chi connectivity index (χ0v) is 9.98. The number of carbonyl (C=O) groups is 2. The van der Waals surface area contributed by atoms with E-state index in [0.29, 0.717) is 0 Å². The van der Waals surface area contributed by atoms with E-state index in [-0.39, 0.29) is 37.9 Å². The van der Waals surface area contributed by atoms with E-state index in [9.17, 15) is 18.4 Å². The van der Waals surface area contributed by atoms with Crippen molar-refractivity contribution in [2.45, 2.75) is 38.2 Å². The maximum Gasteiger partial charge on any atom is 0.305 e. The third-order valence-electron chi connectivity index (χ3n) is 2.58. The van der Waals surface area contributed by atoms with Gasteiger partial charge in [-0.15, -0.1) is 0 Å². The zero-order valence-electron chi connectivity index (χ0n) is 9.98. The summed E-state index contributed by atoms with van der Waals surface area (Å²) in [5.74, 6) is -1.18. The standard InChI is InChI=1S/C11H17F2NO4/c12-9(13)7-18-6-4-10(15)14(8-1-2-8)5-3-11(16)17/h8-9H,1-7H2,(H,16,17). The average molecular weight is 265 g/mol. The highest BCUT2D eigenvalue weighted by atomic mass is 19.3. The van der Waals surface area contributed by atoms with Crippen LogP contribution in [0.5, 0.6) is 0 Å². The summed E-state index contributed by atoms with van der Waals surface area (Å²) < 4.78 is 28.2. The van der Waals surface area contributed by atoms with Crippen molar-refractivity contribution >= 4 is 11.9 Å². The molecular weight excluding hydrogens is 248 g/mol. The van der Waals surface area contributed by atoms with Gasteiger partial charge in [-0.05, 0) is 12.8 Å². The highest BCUT2D eigenvalue weighted by Gasteiger charge is 2.32. The monoisotopic (exact) mass is 265 g/mol. The summed E-state index contributed by atoms with van der Waals surface area (Å²) >= 11 is 0. The fourth-order valence-electron chi connectivity index (χ4n) is 1.59. The van der Waals surface area contributed by atoms with Crippen molar-refractivity contribution < 1.29 is 28.2 Å². The van der Waals surface area contributed by atoms with Crippen LogP contribution < -0.4 is 0 Å². The molecule has 0 aliphatic heterocycles. The number of carbonyl (C=O) groups excluding carboxylic acids is 1. The van der Waals surface area contributed by atoms with E-state index in [1.807, 2.05) is 0 Å². The van der Waals surface area contributed by atoms with E-state index in [2.05, 4.69) is 4.74 Å². The molecule has 1 rings (SSSR count). The Morgan fingerprint density at radius 1 is 1.33 bits per heavy atom. The fourth-order valence-corrected chi connectivity index (χ4v) is 1.59. The normalized spacial score (nSPS) is 14.8. The van der Waals surface area contributed by atoms with Crippen LogP contribution in [0.1, 0.15) is 25.7 Å². The molecule has 0 saturated heterocycles. The summed E-state index contributed by atoms with van der Waals surface area (Å²) in [6, 6.07) is 0.118. The van der Waals surface area contributed by atoms with Crippen LogP contribution in [0.15, 0.2) is 0 Å². The largest absolute Gasteiger partial charge is 0.481 e. The second-order valence-electron chi connectivity index (χ2n) is 4.18. The highest BCUT2D eigenvalue weighted by molar-refractivity contribution is 5.77. The SMILES string of the molecule is O=C(O)CCN(C(=O)CCOCC(F)F)C1CC1. The van der Waals surface area contributed by atoms with E-state index >= 15 is 0 Å². The van der Waals surface area contributed by atoms with Crippen molar-refractivity contribution in [3.8, 4) is 0 Å². The number of hydrogen-bond donors (Lipinski definition) is 1. The Morgan fingerprint density at radius 2 is 2.00 bits per heavy atom. The third kappa shape index (κ3) is 5.90. The van der Waals surface area contributed by atoms with Crippen molar-refractivity contribution in [1.82, 2.24) is 4.90 Å². The van der Waals surface area contributed by atoms with Crippen LogP contribution in [0.4, 0.5) is 8.78 Å². The lowest BCUT2D eigenvalue weighted by molar-refractivity contribution is -0.139. The lowest BCUT2D eigenvalue weighted by Crippen LogP contribution is -2.35. The number of ether oxygens (including phenoxy) is 1. The number of alkyl halides is 2. The molecule has 1 N–H and O–H groups in total. The molecule has 5 nitrogen and oxygen atoms in total. The topological polar surface area (TPSA) is 66.8 Å². The Bertz CT molecular complexity index is 295. The molecule has 0 heterocycles. The molecule has 0 unspecified atom stereocenters. The number of hydrogen-bond acceptors (Lipinski definition) is 3. The molecule has 7 heteroatoms. The van der Waals surface area contributed by atoms with Crippen LogP contribution in [0.2, 0.25) is 0 Å². The van der Waals surface area contributed by atoms with Gasteiger partial charge in [0, 0.05) is 12.6 Å². The van der Waals surface area contributed by atoms with Gasteiger partial charge in [-0.1, -0.05) is 0 Å². The predicted octanol–water partition coefficient (Wildman–Crippen LogP) is 1.12. The zero-order chi connectivity index (χ0) is 13.5. The minimum absolute atomic E-state index is 0.0167. The summed E-state index contributed by atoms with van der Waals surface area (Å²) in [5.41, 5.74) is 0. The van der Waals surface area contributed by atoms with Gasteiger partial charge in [0.05, 0.1) is 19.4 Å². The number of halogens is 2. The van der Waals surface area contributed by atoms with Crippen LogP contribution in [-0.2, 0) is 14.3 Å². The minimum Gasteiger partial charge on any atom is -0.481 e. The molecule has 0 atom stereocenters. The molecule has 1 aliphatic carbocycles. The van der Waals surface area contributed by atoms with Crippen LogP contribution in [0.3, 0.4) is 0 Å². The predicted molar refractivity (Wildman–Crippen MR) is 58.4 cm³/mol. The molecule has 1 aliphatic rings. The Balaban J connectivity index is 2.24. The van der Waals surface area contributed by atoms with Gasteiger partial charge in [-0.25, -0.2) is 8.78 Å². The van der Waals surface area contributed by atoms with Crippen molar-refractivity contribution in [2.24, 2.45) is 0 Å². The summed E-state index contributed by atoms with van der Waals surface area (Å²) in [6.45, 7) is -0.557. The number of rotatable bonds is 9. The molecule has 1 amide bonds. The van der Waals surface area contributed by atoms with Crippen molar-refractivity contribution in [3.05, 3.63) is 0 Å². The van der Waals surface area contributed by atoms with Crippen LogP contribution >= 0.6 is 0 Å². The maximum atomic E-state index is 11.8. The first-order valence-corrected chi connectivity index (χ1v) is 5.88. The number of carboxylic acids is 1. The molecule has 1 fully saturated rings. The Kier molecular flexibility index (Phi) is 5.97. The van der Waals surface area contributed by atoms with E-state index in [1.165, 1.54) is 4.90 Å². The Hall–Kier alpha value is -1.24. The second-order valence-corrected chi connectivity index (χ2v) is 4.18. The van der Waals surface area contributed by atoms with Crippen LogP contribution in [0.25, 0.3) is 0 Å². The van der Waals surface area contributed by atoms with Crippen molar-refractivity contribution in [2.75, 3.05) is 19.8 Å². The molecule has 0 aromatic rings. The lowest BCUT2D eigenvalue weighted by Gasteiger charge is -2.21. The quantitative estimate of drug-likeness (QED) is 0.634. The van der Waals surface area contributed by atoms with Gasteiger partial charge in [0.15, 0.2) is 0 Å². The number of amides is 1. The van der Waals surface area contributed by atoms with Gasteiger partial charge in [-0.2, -0.15) is 0 Å². The van der Waals surface area contributed by atoms with Crippen LogP contribution in [-0.4, -0.2) is 54.1 Å². The minimum atomic E-state index is -2.54. The Labute approximate surface area is 104 Å². The highest BCUT2D eigenvalue weighted by Crippen LogP contribution is 2.27. The van der Waals surface area contributed by atoms with Crippen molar-refractivity contribution in [1.29, 1.82) is 0 Å². The summed E-state index contributed by atoms with van der Waals surface area (Å²) in [4.78, 5) is 23.7. The van der Waals surface area contributed by atoms with Gasteiger partial charge in [0.25, 0.3) is 6.43 Å². The molecule has 0 bridgehead atoms. The first-order valence-electron chi connectivity index (χ1n) is 5.88. The average Bonchev–Trinajstić information content (AvgIpc) is 3.08. The molecule has 0 aromatic carbocycles. The van der Waals surface area contributed by atoms with E-state index < -0.39 is 19.0 Å². The number of carboxylic acid groups (broad SMARTS) is 1. The Morgan fingerprint density at radius 3 is 2.50 bits per heavy atom. The molecule has 104 valence electrons. The van der Waals surface area contributed by atoms with Gasteiger partial charge in [0.2, 0.25) is 5.91 Å². The molecule has 18 heavy (non-hydrogen) atoms. The number of nitrogens with zero attached hydrogens (tertiary/aromatic N) is 1. The van der Waals surface area contributed by atoms with Gasteiger partial charge < -0.3 is 14.7 Å². The lowest BCUT2D eigenvalue weighted by atomic mass is 10.3. The second kappa shape index (κ2) is 7.25. The van der Waals surface area contributed by atoms with Gasteiger partial charge >= 0.3 is 5.97 Å². The summed E-state index contributed by atoms with van der Waals surface area (Å²) in [5, 5.41) is 8.58. The van der Waals surface area contributed by atoms with Crippen LogP contribution in [0, 0.1) is 0 Å². The van der Waals surface area contributed by atoms with Crippen molar-refractivity contribution in [3.63, 3.8) is 0 Å². The molecule has 0 spiro atoms. The van der Waals surface area contributed by atoms with Gasteiger partial charge in [-0.3, -0.25) is 9.59 Å². The molecule has 0 radical (unpaired) electrons. The molecule has 1 saturated carbocycles. The maximum absolute atomic E-state index is 11.8. The van der Waals surface area contributed by atoms with E-state index in [1.54, 1.807) is 0 Å². The molecular formula is C11H17F2NO4. The first kappa shape index (κ1) is 14.8. The number of aliphatic carboxylic acids is 1. The fraction of sp³-hybridized carbons (Fsp3) is 0.818. The van der Waals surface area contributed by atoms with E-state index in [4.69, 9.17) is 5.11 Å². The van der Waals surface area contributed by atoms with Gasteiger partial charge in [0.1, 0.15) is 6.61 Å². The molecule has 0 aromatic heterocycles. The van der Waals surface area contributed by atoms with E-state index in [0.717, 1.165) is 12.8 Å². The summed E-state index contributed by atoms with van der Waals surface area (Å²) in [7, 11) is 0. The smallest absolute Gasteiger partial charge is 0.305 e.